The van der Waals surface area contributed by atoms with E-state index in [1.54, 1.807) is 0 Å². The van der Waals surface area contributed by atoms with Crippen LogP contribution in [0, 0.1) is 0 Å². The van der Waals surface area contributed by atoms with Crippen LogP contribution in [0.5, 0.6) is 0 Å². The van der Waals surface area contributed by atoms with Gasteiger partial charge in [-0.1, -0.05) is 66.7 Å². The van der Waals surface area contributed by atoms with Crippen molar-refractivity contribution >= 4 is 5.57 Å². The Morgan fingerprint density at radius 3 is 2.17 bits per heavy atom. The van der Waals surface area contributed by atoms with Crippen LogP contribution in [0.2, 0.25) is 0 Å². The zero-order valence-corrected chi connectivity index (χ0v) is 14.5. The zero-order chi connectivity index (χ0) is 16.3. The van der Waals surface area contributed by atoms with Crippen molar-refractivity contribution in [1.29, 1.82) is 0 Å². The predicted octanol–water partition coefficient (Wildman–Crippen LogP) is 5.43. The van der Waals surface area contributed by atoms with E-state index in [9.17, 15) is 0 Å². The fourth-order valence-corrected chi connectivity index (χ4v) is 2.83. The first-order chi connectivity index (χ1) is 11.3. The van der Waals surface area contributed by atoms with Crippen molar-refractivity contribution in [2.75, 3.05) is 20.6 Å². The summed E-state index contributed by atoms with van der Waals surface area (Å²) in [5.74, 6) is 0. The van der Waals surface area contributed by atoms with Crippen LogP contribution in [-0.4, -0.2) is 25.5 Å². The highest BCUT2D eigenvalue weighted by Gasteiger charge is 2.02. The van der Waals surface area contributed by atoms with E-state index in [0.29, 0.717) is 0 Å². The highest BCUT2D eigenvalue weighted by molar-refractivity contribution is 5.65. The van der Waals surface area contributed by atoms with Crippen molar-refractivity contribution in [3.63, 3.8) is 0 Å². The minimum absolute atomic E-state index is 1.15. The molecule has 0 atom stereocenters. The van der Waals surface area contributed by atoms with Gasteiger partial charge in [-0.3, -0.25) is 0 Å². The Morgan fingerprint density at radius 1 is 0.870 bits per heavy atom. The summed E-state index contributed by atoms with van der Waals surface area (Å²) in [6.45, 7) is 1.16. The SMILES string of the molecule is CN(C)CCCC=C(CCCc1ccccc1)c1ccccc1. The van der Waals surface area contributed by atoms with E-state index >= 15 is 0 Å². The van der Waals surface area contributed by atoms with E-state index in [-0.39, 0.29) is 0 Å². The van der Waals surface area contributed by atoms with Crippen LogP contribution in [-0.2, 0) is 6.42 Å². The molecule has 0 saturated carbocycles. The average Bonchev–Trinajstić information content (AvgIpc) is 2.58. The normalized spacial score (nSPS) is 11.9. The van der Waals surface area contributed by atoms with Crippen molar-refractivity contribution in [3.8, 4) is 0 Å². The summed E-state index contributed by atoms with van der Waals surface area (Å²) in [4.78, 5) is 2.26. The molecule has 1 heteroatoms. The van der Waals surface area contributed by atoms with Crippen molar-refractivity contribution in [3.05, 3.63) is 77.9 Å². The molecule has 0 spiro atoms. The number of hydrogen-bond donors (Lipinski definition) is 0. The topological polar surface area (TPSA) is 3.24 Å². The number of benzene rings is 2. The van der Waals surface area contributed by atoms with Crippen molar-refractivity contribution in [2.45, 2.75) is 32.1 Å². The van der Waals surface area contributed by atoms with Crippen LogP contribution < -0.4 is 0 Å². The fourth-order valence-electron chi connectivity index (χ4n) is 2.83. The first kappa shape index (κ1) is 17.5. The van der Waals surface area contributed by atoms with Gasteiger partial charge in [0.05, 0.1) is 0 Å². The Hall–Kier alpha value is -1.86. The lowest BCUT2D eigenvalue weighted by molar-refractivity contribution is 0.402. The van der Waals surface area contributed by atoms with E-state index in [1.165, 1.54) is 29.5 Å². The molecule has 0 radical (unpaired) electrons. The minimum atomic E-state index is 1.15. The Bertz CT molecular complexity index is 569. The van der Waals surface area contributed by atoms with Gasteiger partial charge < -0.3 is 4.90 Å². The highest BCUT2D eigenvalue weighted by atomic mass is 15.0. The number of nitrogens with zero attached hydrogens (tertiary/aromatic N) is 1. The van der Waals surface area contributed by atoms with Gasteiger partial charge in [-0.25, -0.2) is 0 Å². The number of hydrogen-bond acceptors (Lipinski definition) is 1. The molecule has 0 saturated heterocycles. The molecule has 0 fully saturated rings. The molecule has 0 aromatic heterocycles. The lowest BCUT2D eigenvalue weighted by Crippen LogP contribution is -2.12. The molecule has 0 heterocycles. The van der Waals surface area contributed by atoms with Crippen LogP contribution in [0.4, 0.5) is 0 Å². The zero-order valence-electron chi connectivity index (χ0n) is 14.5. The molecule has 0 amide bonds. The molecular formula is C22H29N. The molecule has 0 aliphatic rings. The maximum atomic E-state index is 2.45. The van der Waals surface area contributed by atoms with Crippen LogP contribution in [0.15, 0.2) is 66.7 Å². The largest absolute Gasteiger partial charge is 0.309 e. The number of aryl methyl sites for hydroxylation is 1. The number of unbranched alkanes of at least 4 members (excludes halogenated alkanes) is 1. The molecule has 0 N–H and O–H groups in total. The summed E-state index contributed by atoms with van der Waals surface area (Å²) in [5.41, 5.74) is 4.32. The Balaban J connectivity index is 1.92. The fraction of sp³-hybridized carbons (Fsp3) is 0.364. The number of allylic oxidation sites excluding steroid dienone is 2. The van der Waals surface area contributed by atoms with Gasteiger partial charge in [-0.2, -0.15) is 0 Å². The maximum Gasteiger partial charge on any atom is -0.00219 e. The molecular weight excluding hydrogens is 278 g/mol. The summed E-state index contributed by atoms with van der Waals surface area (Å²) in [7, 11) is 4.28. The van der Waals surface area contributed by atoms with Gasteiger partial charge in [-0.05, 0) is 69.4 Å². The first-order valence-corrected chi connectivity index (χ1v) is 8.69. The van der Waals surface area contributed by atoms with Crippen molar-refractivity contribution in [1.82, 2.24) is 4.90 Å². The van der Waals surface area contributed by atoms with Gasteiger partial charge in [0, 0.05) is 0 Å². The molecule has 0 aliphatic carbocycles. The lowest BCUT2D eigenvalue weighted by atomic mass is 9.97. The second-order valence-corrected chi connectivity index (χ2v) is 6.38. The van der Waals surface area contributed by atoms with Gasteiger partial charge >= 0.3 is 0 Å². The number of rotatable bonds is 9. The molecule has 23 heavy (non-hydrogen) atoms. The molecule has 0 bridgehead atoms. The van der Waals surface area contributed by atoms with E-state index in [1.807, 2.05) is 0 Å². The van der Waals surface area contributed by atoms with Crippen LogP contribution in [0.3, 0.4) is 0 Å². The van der Waals surface area contributed by atoms with Crippen molar-refractivity contribution < 1.29 is 0 Å². The van der Waals surface area contributed by atoms with E-state index < -0.39 is 0 Å². The minimum Gasteiger partial charge on any atom is -0.309 e. The first-order valence-electron chi connectivity index (χ1n) is 8.69. The van der Waals surface area contributed by atoms with Crippen LogP contribution in [0.1, 0.15) is 36.8 Å². The lowest BCUT2D eigenvalue weighted by Gasteiger charge is -2.10. The quantitative estimate of drug-likeness (QED) is 0.558. The maximum absolute atomic E-state index is 2.45. The van der Waals surface area contributed by atoms with Crippen LogP contribution >= 0.6 is 0 Å². The van der Waals surface area contributed by atoms with E-state index in [4.69, 9.17) is 0 Å². The van der Waals surface area contributed by atoms with E-state index in [0.717, 1.165) is 25.8 Å². The summed E-state index contributed by atoms with van der Waals surface area (Å²) in [5, 5.41) is 0. The summed E-state index contributed by atoms with van der Waals surface area (Å²) in [6, 6.07) is 21.6. The van der Waals surface area contributed by atoms with Gasteiger partial charge in [0.15, 0.2) is 0 Å². The second kappa shape index (κ2) is 10.0. The Labute approximate surface area is 141 Å². The molecule has 0 unspecified atom stereocenters. The Morgan fingerprint density at radius 2 is 1.52 bits per heavy atom. The smallest absolute Gasteiger partial charge is 0.00219 e. The summed E-state index contributed by atoms with van der Waals surface area (Å²) >= 11 is 0. The predicted molar refractivity (Wildman–Crippen MR) is 102 cm³/mol. The highest BCUT2D eigenvalue weighted by Crippen LogP contribution is 2.22. The van der Waals surface area contributed by atoms with Crippen LogP contribution in [0.25, 0.3) is 5.57 Å². The average molecular weight is 307 g/mol. The standard InChI is InChI=1S/C22H29N/c1-23(2)19-10-9-17-22(21-15-7-4-8-16-21)18-11-14-20-12-5-3-6-13-20/h3-8,12-13,15-17H,9-11,14,18-19H2,1-2H3. The molecule has 122 valence electrons. The van der Waals surface area contributed by atoms with Gasteiger partial charge in [0.2, 0.25) is 0 Å². The molecule has 1 nitrogen and oxygen atoms in total. The van der Waals surface area contributed by atoms with E-state index in [2.05, 4.69) is 85.7 Å². The molecule has 0 aliphatic heterocycles. The molecule has 2 rings (SSSR count). The van der Waals surface area contributed by atoms with Gasteiger partial charge in [-0.15, -0.1) is 0 Å². The monoisotopic (exact) mass is 307 g/mol. The third-order valence-corrected chi connectivity index (χ3v) is 4.10. The van der Waals surface area contributed by atoms with Gasteiger partial charge in [0.1, 0.15) is 0 Å². The summed E-state index contributed by atoms with van der Waals surface area (Å²) < 4.78 is 0. The Kier molecular flexibility index (Phi) is 7.62. The van der Waals surface area contributed by atoms with Crippen molar-refractivity contribution in [2.24, 2.45) is 0 Å². The summed E-state index contributed by atoms with van der Waals surface area (Å²) in [6.07, 6.45) is 8.35. The van der Waals surface area contributed by atoms with Gasteiger partial charge in [0.25, 0.3) is 0 Å². The molecule has 2 aromatic carbocycles. The third kappa shape index (κ3) is 6.83. The third-order valence-electron chi connectivity index (χ3n) is 4.10. The second-order valence-electron chi connectivity index (χ2n) is 6.38. The molecule has 2 aromatic rings.